The van der Waals surface area contributed by atoms with E-state index in [1.165, 1.54) is 16.8 Å². The van der Waals surface area contributed by atoms with Gasteiger partial charge in [-0.25, -0.2) is 0 Å². The van der Waals surface area contributed by atoms with Crippen LogP contribution in [-0.2, 0) is 20.5 Å². The zero-order valence-electron chi connectivity index (χ0n) is 16.1. The SMILES string of the molecule is CC(C)P(CC[N-]CCP(C(C)C)C(C)C)C(C)C.O=[C]=[Ru][Cl]. The summed E-state index contributed by atoms with van der Waals surface area (Å²) < 4.78 is 1.54. The van der Waals surface area contributed by atoms with Gasteiger partial charge in [-0.3, -0.25) is 0 Å². The van der Waals surface area contributed by atoms with Gasteiger partial charge in [0.05, 0.1) is 0 Å². The Bertz CT molecular complexity index is 284. The molecule has 0 radical (unpaired) electrons. The van der Waals surface area contributed by atoms with E-state index in [4.69, 9.17) is 19.8 Å². The van der Waals surface area contributed by atoms with Crippen LogP contribution in [0.25, 0.3) is 5.32 Å². The van der Waals surface area contributed by atoms with E-state index < -0.39 is 15.7 Å². The summed E-state index contributed by atoms with van der Waals surface area (Å²) in [5.41, 5.74) is 3.42. The summed E-state index contributed by atoms with van der Waals surface area (Å²) in [7, 11) is 5.20. The van der Waals surface area contributed by atoms with Crippen LogP contribution in [0, 0.1) is 0 Å². The third-order valence-electron chi connectivity index (χ3n) is 3.71. The topological polar surface area (TPSA) is 31.2 Å². The molecule has 0 aromatic rings. The van der Waals surface area contributed by atoms with Crippen molar-refractivity contribution in [2.75, 3.05) is 25.4 Å². The first kappa shape index (κ1) is 26.5. The molecular formula is C17H36ClNOP2Ru-. The summed E-state index contributed by atoms with van der Waals surface area (Å²) in [6.07, 6.45) is 2.68. The standard InChI is InChI=1S/C16H36NP2.CO.ClH.Ru/c1-13(2)18(14(3)4)11-9-17-10-12-19(15(5)6)16(7)8;1-2;;/h13-16H,9-12H2,1-8H3;;1H;/q-1;;;+1/p-1. The molecule has 0 aliphatic heterocycles. The second-order valence-electron chi connectivity index (χ2n) is 6.66. The van der Waals surface area contributed by atoms with E-state index in [1.54, 1.807) is 0 Å². The van der Waals surface area contributed by atoms with Crippen LogP contribution < -0.4 is 0 Å². The van der Waals surface area contributed by atoms with E-state index in [9.17, 15) is 0 Å². The summed E-state index contributed by atoms with van der Waals surface area (Å²) in [6.45, 7) is 21.2. The van der Waals surface area contributed by atoms with Crippen LogP contribution in [0.1, 0.15) is 55.4 Å². The van der Waals surface area contributed by atoms with Gasteiger partial charge in [-0.1, -0.05) is 67.7 Å². The number of hydrogen-bond acceptors (Lipinski definition) is 1. The Kier molecular flexibility index (Phi) is 19.3. The van der Waals surface area contributed by atoms with Gasteiger partial charge in [-0.2, -0.15) is 0 Å². The normalized spacial score (nSPS) is 11.6. The summed E-state index contributed by atoms with van der Waals surface area (Å²) >= 11 is -0.594. The minimum atomic E-state index is -0.594. The van der Waals surface area contributed by atoms with Crippen LogP contribution in [0.5, 0.6) is 0 Å². The van der Waals surface area contributed by atoms with Gasteiger partial charge in [0, 0.05) is 0 Å². The Labute approximate surface area is 159 Å². The van der Waals surface area contributed by atoms with Crippen molar-refractivity contribution in [3.8, 4) is 0 Å². The number of halogens is 1. The molecule has 0 heterocycles. The molecule has 23 heavy (non-hydrogen) atoms. The van der Waals surface area contributed by atoms with Crippen LogP contribution >= 0.6 is 25.5 Å². The van der Waals surface area contributed by atoms with Crippen LogP contribution in [0.15, 0.2) is 0 Å². The second-order valence-corrected chi connectivity index (χ2v) is 15.2. The zero-order valence-corrected chi connectivity index (χ0v) is 20.4. The van der Waals surface area contributed by atoms with E-state index in [0.29, 0.717) is 0 Å². The summed E-state index contributed by atoms with van der Waals surface area (Å²) in [6, 6.07) is 0. The maximum atomic E-state index is 8.96. The molecule has 0 N–H and O–H groups in total. The molecule has 2 nitrogen and oxygen atoms in total. The molecule has 0 aliphatic carbocycles. The van der Waals surface area contributed by atoms with Gasteiger partial charge in [0.15, 0.2) is 0 Å². The molecule has 0 saturated heterocycles. The van der Waals surface area contributed by atoms with E-state index in [2.05, 4.69) is 55.4 Å². The van der Waals surface area contributed by atoms with Crippen molar-refractivity contribution < 1.29 is 20.5 Å². The molecule has 141 valence electrons. The van der Waals surface area contributed by atoms with E-state index in [1.807, 2.05) is 0 Å². The Morgan fingerprint density at radius 2 is 1.09 bits per heavy atom. The van der Waals surface area contributed by atoms with Gasteiger partial charge in [0.25, 0.3) is 0 Å². The van der Waals surface area contributed by atoms with E-state index >= 15 is 0 Å². The Balaban J connectivity index is 0. The summed E-state index contributed by atoms with van der Waals surface area (Å²) in [5, 5.41) is 4.81. The van der Waals surface area contributed by atoms with Crippen LogP contribution in [0.4, 0.5) is 0 Å². The maximum absolute atomic E-state index is 8.96. The van der Waals surface area contributed by atoms with Crippen molar-refractivity contribution in [2.24, 2.45) is 0 Å². The summed E-state index contributed by atoms with van der Waals surface area (Å²) in [5.74, 6) is 0. The molecule has 0 spiro atoms. The van der Waals surface area contributed by atoms with E-state index in [-0.39, 0.29) is 15.8 Å². The molecule has 0 aliphatic rings. The molecule has 0 bridgehead atoms. The fourth-order valence-electron chi connectivity index (χ4n) is 2.71. The molecule has 0 saturated carbocycles. The fraction of sp³-hybridized carbons (Fsp3) is 0.941. The third kappa shape index (κ3) is 15.3. The van der Waals surface area contributed by atoms with Crippen molar-refractivity contribution in [3.63, 3.8) is 0 Å². The van der Waals surface area contributed by atoms with Crippen LogP contribution in [-0.4, -0.2) is 52.5 Å². The summed E-state index contributed by atoms with van der Waals surface area (Å²) in [4.78, 5) is 8.96. The van der Waals surface area contributed by atoms with Gasteiger partial charge < -0.3 is 5.32 Å². The van der Waals surface area contributed by atoms with Gasteiger partial charge in [-0.15, -0.1) is 28.9 Å². The Morgan fingerprint density at radius 1 is 0.826 bits per heavy atom. The number of carbonyl (C=O) groups excluding carboxylic acids is 1. The molecule has 0 atom stereocenters. The van der Waals surface area contributed by atoms with Crippen LogP contribution in [0.2, 0.25) is 0 Å². The Morgan fingerprint density at radius 3 is 1.26 bits per heavy atom. The minimum absolute atomic E-state index is 0.176. The van der Waals surface area contributed by atoms with Crippen molar-refractivity contribution >= 4 is 30.0 Å². The average molecular weight is 469 g/mol. The molecule has 0 aromatic heterocycles. The Hall–Kier alpha value is 1.31. The quantitative estimate of drug-likeness (QED) is 0.212. The first-order chi connectivity index (χ1) is 10.7. The van der Waals surface area contributed by atoms with Gasteiger partial charge >= 0.3 is 34.6 Å². The van der Waals surface area contributed by atoms with Crippen molar-refractivity contribution in [1.82, 2.24) is 0 Å². The number of rotatable bonds is 10. The average Bonchev–Trinajstić information content (AvgIpc) is 2.44. The van der Waals surface area contributed by atoms with Gasteiger partial charge in [0.1, 0.15) is 0 Å². The fourth-order valence-corrected chi connectivity index (χ4v) is 7.90. The van der Waals surface area contributed by atoms with Gasteiger partial charge in [-0.05, 0) is 22.6 Å². The molecule has 0 fully saturated rings. The number of nitrogens with zero attached hydrogens (tertiary/aromatic N) is 1. The first-order valence-corrected chi connectivity index (χ1v) is 14.9. The molecule has 6 heteroatoms. The molecule has 0 rings (SSSR count). The first-order valence-electron chi connectivity index (χ1n) is 8.43. The molecule has 0 amide bonds. The van der Waals surface area contributed by atoms with Crippen molar-refractivity contribution in [2.45, 2.75) is 78.0 Å². The van der Waals surface area contributed by atoms with E-state index in [0.717, 1.165) is 35.7 Å². The third-order valence-corrected chi connectivity index (χ3v) is 10.9. The molecule has 0 aromatic carbocycles. The van der Waals surface area contributed by atoms with Crippen molar-refractivity contribution in [1.29, 1.82) is 0 Å². The zero-order chi connectivity index (χ0) is 18.4. The van der Waals surface area contributed by atoms with Crippen molar-refractivity contribution in [3.05, 3.63) is 5.32 Å². The van der Waals surface area contributed by atoms with Crippen LogP contribution in [0.3, 0.4) is 0 Å². The van der Waals surface area contributed by atoms with Gasteiger partial charge in [0.2, 0.25) is 0 Å². The molecular weight excluding hydrogens is 433 g/mol. The molecule has 0 unspecified atom stereocenters. The number of hydrogen-bond donors (Lipinski definition) is 0. The monoisotopic (exact) mass is 469 g/mol. The predicted octanol–water partition coefficient (Wildman–Crippen LogP) is 6.25. The predicted molar refractivity (Wildman–Crippen MR) is 109 cm³/mol. The second kappa shape index (κ2) is 16.8.